The van der Waals surface area contributed by atoms with Crippen LogP contribution >= 0.6 is 0 Å². The van der Waals surface area contributed by atoms with E-state index < -0.39 is 0 Å². The Morgan fingerprint density at radius 2 is 2.00 bits per heavy atom. The van der Waals surface area contributed by atoms with Gasteiger partial charge in [-0.25, -0.2) is 0 Å². The number of likely N-dealkylation sites (tertiary alicyclic amines) is 1. The minimum absolute atomic E-state index is 0.596. The highest BCUT2D eigenvalue weighted by molar-refractivity contribution is 4.86. The molecule has 1 heterocycles. The van der Waals surface area contributed by atoms with Gasteiger partial charge in [0.15, 0.2) is 0 Å². The highest BCUT2D eigenvalue weighted by Crippen LogP contribution is 2.36. The lowest BCUT2D eigenvalue weighted by atomic mass is 9.85. The molecule has 2 fully saturated rings. The predicted molar refractivity (Wildman–Crippen MR) is 74.3 cm³/mol. The molecule has 2 atom stereocenters. The third-order valence-corrected chi connectivity index (χ3v) is 4.87. The fraction of sp³-hybridized carbons (Fsp3) is 1.00. The van der Waals surface area contributed by atoms with Crippen LogP contribution in [-0.4, -0.2) is 37.6 Å². The van der Waals surface area contributed by atoms with Gasteiger partial charge in [0.2, 0.25) is 0 Å². The largest absolute Gasteiger partial charge is 0.319 e. The van der Waals surface area contributed by atoms with Gasteiger partial charge in [0.05, 0.1) is 0 Å². The number of hydrogen-bond acceptors (Lipinski definition) is 2. The van der Waals surface area contributed by atoms with Crippen molar-refractivity contribution in [1.82, 2.24) is 10.2 Å². The summed E-state index contributed by atoms with van der Waals surface area (Å²) in [5, 5.41) is 3.33. The molecule has 2 nitrogen and oxygen atoms in total. The Hall–Kier alpha value is -0.0800. The first-order valence-electron chi connectivity index (χ1n) is 7.49. The fourth-order valence-corrected chi connectivity index (χ4v) is 3.66. The molecule has 2 unspecified atom stereocenters. The van der Waals surface area contributed by atoms with Crippen molar-refractivity contribution in [2.75, 3.05) is 26.7 Å². The zero-order chi connectivity index (χ0) is 12.3. The standard InChI is InChI=1S/C15H30N2/c1-15(2)8-4-5-14(6-9-15)17-10-7-13(12-17)11-16-3/h13-14,16H,4-12H2,1-3H3. The molecule has 0 amide bonds. The second kappa shape index (κ2) is 5.71. The smallest absolute Gasteiger partial charge is 0.00955 e. The fourth-order valence-electron chi connectivity index (χ4n) is 3.66. The molecule has 0 aromatic rings. The lowest BCUT2D eigenvalue weighted by Crippen LogP contribution is -2.34. The molecule has 0 aromatic carbocycles. The van der Waals surface area contributed by atoms with Crippen LogP contribution in [0.5, 0.6) is 0 Å². The Labute approximate surface area is 107 Å². The molecule has 1 saturated heterocycles. The van der Waals surface area contributed by atoms with Crippen molar-refractivity contribution in [3.63, 3.8) is 0 Å². The van der Waals surface area contributed by atoms with E-state index in [0.29, 0.717) is 5.41 Å². The second-order valence-corrected chi connectivity index (χ2v) is 6.96. The zero-order valence-corrected chi connectivity index (χ0v) is 12.0. The van der Waals surface area contributed by atoms with E-state index in [4.69, 9.17) is 0 Å². The Morgan fingerprint density at radius 1 is 1.18 bits per heavy atom. The molecule has 2 heteroatoms. The van der Waals surface area contributed by atoms with Crippen molar-refractivity contribution in [1.29, 1.82) is 0 Å². The number of hydrogen-bond donors (Lipinski definition) is 1. The summed E-state index contributed by atoms with van der Waals surface area (Å²) in [5.41, 5.74) is 0.596. The van der Waals surface area contributed by atoms with Crippen molar-refractivity contribution in [3.8, 4) is 0 Å². The Kier molecular flexibility index (Phi) is 4.48. The van der Waals surface area contributed by atoms with Gasteiger partial charge in [-0.1, -0.05) is 20.3 Å². The van der Waals surface area contributed by atoms with E-state index in [2.05, 4.69) is 31.1 Å². The minimum Gasteiger partial charge on any atom is -0.319 e. The SMILES string of the molecule is CNCC1CCN(C2CCCC(C)(C)CC2)C1. The van der Waals surface area contributed by atoms with Crippen LogP contribution < -0.4 is 5.32 Å². The van der Waals surface area contributed by atoms with Crippen LogP contribution in [-0.2, 0) is 0 Å². The highest BCUT2D eigenvalue weighted by atomic mass is 15.2. The molecule has 1 aliphatic heterocycles. The summed E-state index contributed by atoms with van der Waals surface area (Å²) in [7, 11) is 2.08. The first-order chi connectivity index (χ1) is 8.11. The molecule has 1 aliphatic carbocycles. The number of rotatable bonds is 3. The van der Waals surface area contributed by atoms with Crippen LogP contribution in [0.25, 0.3) is 0 Å². The van der Waals surface area contributed by atoms with Gasteiger partial charge in [-0.15, -0.1) is 0 Å². The molecule has 17 heavy (non-hydrogen) atoms. The van der Waals surface area contributed by atoms with Gasteiger partial charge >= 0.3 is 0 Å². The average Bonchev–Trinajstić information content (AvgIpc) is 2.64. The summed E-state index contributed by atoms with van der Waals surface area (Å²) in [4.78, 5) is 2.78. The van der Waals surface area contributed by atoms with Crippen LogP contribution in [0.1, 0.15) is 52.4 Å². The molecular formula is C15H30N2. The third kappa shape index (κ3) is 3.69. The summed E-state index contributed by atoms with van der Waals surface area (Å²) in [6, 6.07) is 0.888. The second-order valence-electron chi connectivity index (χ2n) is 6.96. The van der Waals surface area contributed by atoms with E-state index in [9.17, 15) is 0 Å². The van der Waals surface area contributed by atoms with Crippen LogP contribution in [0.3, 0.4) is 0 Å². The highest BCUT2D eigenvalue weighted by Gasteiger charge is 2.31. The topological polar surface area (TPSA) is 15.3 Å². The van der Waals surface area contributed by atoms with Crippen molar-refractivity contribution >= 4 is 0 Å². The predicted octanol–water partition coefficient (Wildman–Crippen LogP) is 2.89. The van der Waals surface area contributed by atoms with Gasteiger partial charge in [0.25, 0.3) is 0 Å². The number of nitrogens with zero attached hydrogens (tertiary/aromatic N) is 1. The zero-order valence-electron chi connectivity index (χ0n) is 12.0. The summed E-state index contributed by atoms with van der Waals surface area (Å²) in [6.07, 6.45) is 8.56. The first-order valence-corrected chi connectivity index (χ1v) is 7.49. The van der Waals surface area contributed by atoms with E-state index in [1.165, 1.54) is 58.2 Å². The van der Waals surface area contributed by atoms with Crippen molar-refractivity contribution in [2.24, 2.45) is 11.3 Å². The van der Waals surface area contributed by atoms with E-state index in [0.717, 1.165) is 12.0 Å². The van der Waals surface area contributed by atoms with E-state index in [1.54, 1.807) is 0 Å². The quantitative estimate of drug-likeness (QED) is 0.761. The maximum atomic E-state index is 3.33. The van der Waals surface area contributed by atoms with Gasteiger partial charge in [0, 0.05) is 12.6 Å². The summed E-state index contributed by atoms with van der Waals surface area (Å²) in [5.74, 6) is 0.899. The minimum atomic E-state index is 0.596. The maximum absolute atomic E-state index is 3.33. The molecule has 2 aliphatic rings. The molecule has 0 spiro atoms. The van der Waals surface area contributed by atoms with E-state index in [-0.39, 0.29) is 0 Å². The Balaban J connectivity index is 1.83. The lowest BCUT2D eigenvalue weighted by molar-refractivity contribution is 0.206. The molecule has 1 saturated carbocycles. The molecule has 0 aromatic heterocycles. The molecule has 100 valence electrons. The van der Waals surface area contributed by atoms with Crippen LogP contribution in [0.15, 0.2) is 0 Å². The van der Waals surface area contributed by atoms with E-state index in [1.807, 2.05) is 0 Å². The van der Waals surface area contributed by atoms with E-state index >= 15 is 0 Å². The summed E-state index contributed by atoms with van der Waals surface area (Å²) >= 11 is 0. The van der Waals surface area contributed by atoms with Crippen molar-refractivity contribution < 1.29 is 0 Å². The third-order valence-electron chi connectivity index (χ3n) is 4.87. The number of nitrogens with one attached hydrogen (secondary N) is 1. The summed E-state index contributed by atoms with van der Waals surface area (Å²) < 4.78 is 0. The molecule has 2 rings (SSSR count). The van der Waals surface area contributed by atoms with Gasteiger partial charge in [0.1, 0.15) is 0 Å². The van der Waals surface area contributed by atoms with Gasteiger partial charge in [-0.05, 0) is 63.6 Å². The van der Waals surface area contributed by atoms with Crippen molar-refractivity contribution in [3.05, 3.63) is 0 Å². The monoisotopic (exact) mass is 238 g/mol. The molecule has 0 radical (unpaired) electrons. The average molecular weight is 238 g/mol. The molecule has 0 bridgehead atoms. The molecule has 1 N–H and O–H groups in total. The van der Waals surface area contributed by atoms with Crippen LogP contribution in [0.4, 0.5) is 0 Å². The Morgan fingerprint density at radius 3 is 2.76 bits per heavy atom. The Bertz CT molecular complexity index is 237. The normalized spacial score (nSPS) is 34.8. The molecular weight excluding hydrogens is 208 g/mol. The first kappa shape index (κ1) is 13.4. The van der Waals surface area contributed by atoms with Crippen LogP contribution in [0, 0.1) is 11.3 Å². The van der Waals surface area contributed by atoms with Crippen LogP contribution in [0.2, 0.25) is 0 Å². The summed E-state index contributed by atoms with van der Waals surface area (Å²) in [6.45, 7) is 8.78. The maximum Gasteiger partial charge on any atom is 0.00955 e. The van der Waals surface area contributed by atoms with Gasteiger partial charge in [-0.3, -0.25) is 0 Å². The lowest BCUT2D eigenvalue weighted by Gasteiger charge is -2.27. The van der Waals surface area contributed by atoms with Crippen molar-refractivity contribution in [2.45, 2.75) is 58.4 Å². The van der Waals surface area contributed by atoms with Gasteiger partial charge < -0.3 is 10.2 Å². The van der Waals surface area contributed by atoms with Gasteiger partial charge in [-0.2, -0.15) is 0 Å².